The van der Waals surface area contributed by atoms with Crippen LogP contribution in [-0.2, 0) is 4.79 Å². The standard InChI is InChI=1S/C19H20N4OS/c1-13-4-7-16(8-5-13)21-18(24)11-25-19-22-20-12-23(19)17-9-6-14(2)10-15(17)3/h4-10,12H,11H2,1-3H3,(H,21,24). The number of carbonyl (C=O) groups excluding carboxylic acids is 1. The van der Waals surface area contributed by atoms with E-state index >= 15 is 0 Å². The molecule has 6 heteroatoms. The molecule has 2 aromatic carbocycles. The van der Waals surface area contributed by atoms with Gasteiger partial charge in [-0.1, -0.05) is 47.2 Å². The minimum Gasteiger partial charge on any atom is -0.325 e. The molecule has 0 aliphatic carbocycles. The Kier molecular flexibility index (Phi) is 5.19. The lowest BCUT2D eigenvalue weighted by Crippen LogP contribution is -2.14. The Hall–Kier alpha value is -2.60. The first-order valence-electron chi connectivity index (χ1n) is 8.00. The van der Waals surface area contributed by atoms with Crippen LogP contribution in [0, 0.1) is 20.8 Å². The molecule has 1 heterocycles. The van der Waals surface area contributed by atoms with Gasteiger partial charge in [-0.15, -0.1) is 10.2 Å². The normalized spacial score (nSPS) is 10.7. The van der Waals surface area contributed by atoms with Gasteiger partial charge in [0.25, 0.3) is 0 Å². The summed E-state index contributed by atoms with van der Waals surface area (Å²) in [4.78, 5) is 12.2. The van der Waals surface area contributed by atoms with Crippen LogP contribution in [-0.4, -0.2) is 26.4 Å². The minimum absolute atomic E-state index is 0.0657. The van der Waals surface area contributed by atoms with Crippen LogP contribution in [0.3, 0.4) is 0 Å². The fraction of sp³-hybridized carbons (Fsp3) is 0.211. The van der Waals surface area contributed by atoms with E-state index < -0.39 is 0 Å². The van der Waals surface area contributed by atoms with Gasteiger partial charge in [0.1, 0.15) is 6.33 Å². The number of aromatic nitrogens is 3. The Morgan fingerprint density at radius 1 is 1.08 bits per heavy atom. The van der Waals surface area contributed by atoms with E-state index in [-0.39, 0.29) is 11.7 Å². The molecule has 0 bridgehead atoms. The second kappa shape index (κ2) is 7.53. The molecule has 0 saturated carbocycles. The van der Waals surface area contributed by atoms with E-state index in [1.54, 1.807) is 6.33 Å². The molecular weight excluding hydrogens is 332 g/mol. The van der Waals surface area contributed by atoms with Gasteiger partial charge in [-0.3, -0.25) is 9.36 Å². The summed E-state index contributed by atoms with van der Waals surface area (Å²) in [7, 11) is 0. The van der Waals surface area contributed by atoms with E-state index in [9.17, 15) is 4.79 Å². The van der Waals surface area contributed by atoms with Crippen molar-refractivity contribution >= 4 is 23.4 Å². The Morgan fingerprint density at radius 2 is 1.80 bits per heavy atom. The SMILES string of the molecule is Cc1ccc(NC(=O)CSc2nncn2-c2ccc(C)cc2C)cc1. The Labute approximate surface area is 151 Å². The first-order chi connectivity index (χ1) is 12.0. The van der Waals surface area contributed by atoms with Crippen LogP contribution in [0.2, 0.25) is 0 Å². The molecule has 1 aromatic heterocycles. The molecule has 0 atom stereocenters. The number of rotatable bonds is 5. The highest BCUT2D eigenvalue weighted by Crippen LogP contribution is 2.22. The zero-order valence-corrected chi connectivity index (χ0v) is 15.3. The van der Waals surface area contributed by atoms with Gasteiger partial charge in [0, 0.05) is 5.69 Å². The summed E-state index contributed by atoms with van der Waals surface area (Å²) in [6, 6.07) is 14.0. The number of nitrogens with one attached hydrogen (secondary N) is 1. The first kappa shape index (κ1) is 17.2. The summed E-state index contributed by atoms with van der Waals surface area (Å²) in [6.45, 7) is 6.14. The molecule has 0 spiro atoms. The number of amides is 1. The van der Waals surface area contributed by atoms with Crippen molar-refractivity contribution in [1.82, 2.24) is 14.8 Å². The zero-order chi connectivity index (χ0) is 17.8. The zero-order valence-electron chi connectivity index (χ0n) is 14.5. The van der Waals surface area contributed by atoms with Crippen LogP contribution in [0.4, 0.5) is 5.69 Å². The van der Waals surface area contributed by atoms with Crippen molar-refractivity contribution in [2.24, 2.45) is 0 Å². The Morgan fingerprint density at radius 3 is 2.52 bits per heavy atom. The maximum absolute atomic E-state index is 12.2. The molecule has 0 unspecified atom stereocenters. The number of carbonyl (C=O) groups is 1. The molecule has 3 aromatic rings. The van der Waals surface area contributed by atoms with Gasteiger partial charge in [0.2, 0.25) is 5.91 Å². The quantitative estimate of drug-likeness (QED) is 0.707. The van der Waals surface area contributed by atoms with Crippen molar-refractivity contribution in [3.63, 3.8) is 0 Å². The topological polar surface area (TPSA) is 59.8 Å². The molecule has 0 radical (unpaired) electrons. The number of hydrogen-bond acceptors (Lipinski definition) is 4. The maximum Gasteiger partial charge on any atom is 0.234 e. The third-order valence-corrected chi connectivity index (χ3v) is 4.74. The Bertz CT molecular complexity index is 887. The lowest BCUT2D eigenvalue weighted by atomic mass is 10.1. The molecular formula is C19H20N4OS. The monoisotopic (exact) mass is 352 g/mol. The molecule has 0 saturated heterocycles. The number of aryl methyl sites for hydroxylation is 3. The van der Waals surface area contributed by atoms with Crippen LogP contribution >= 0.6 is 11.8 Å². The van der Waals surface area contributed by atoms with Gasteiger partial charge >= 0.3 is 0 Å². The molecule has 0 fully saturated rings. The van der Waals surface area contributed by atoms with Gasteiger partial charge in [0.15, 0.2) is 5.16 Å². The van der Waals surface area contributed by atoms with Crippen molar-refractivity contribution in [2.45, 2.75) is 25.9 Å². The van der Waals surface area contributed by atoms with Crippen molar-refractivity contribution in [3.05, 3.63) is 65.5 Å². The van der Waals surface area contributed by atoms with Crippen molar-refractivity contribution in [2.75, 3.05) is 11.1 Å². The fourth-order valence-electron chi connectivity index (χ4n) is 2.53. The molecule has 5 nitrogen and oxygen atoms in total. The van der Waals surface area contributed by atoms with Gasteiger partial charge in [-0.05, 0) is 44.5 Å². The molecule has 3 rings (SSSR count). The van der Waals surface area contributed by atoms with Crippen molar-refractivity contribution in [3.8, 4) is 5.69 Å². The van der Waals surface area contributed by atoms with Crippen LogP contribution < -0.4 is 5.32 Å². The molecule has 1 N–H and O–H groups in total. The third-order valence-electron chi connectivity index (χ3n) is 3.80. The minimum atomic E-state index is -0.0657. The van der Waals surface area contributed by atoms with E-state index in [1.807, 2.05) is 41.8 Å². The summed E-state index contributed by atoms with van der Waals surface area (Å²) < 4.78 is 1.92. The molecule has 0 aliphatic rings. The van der Waals surface area contributed by atoms with E-state index in [0.717, 1.165) is 22.5 Å². The molecule has 128 valence electrons. The summed E-state index contributed by atoms with van der Waals surface area (Å²) in [5.41, 5.74) is 5.34. The van der Waals surface area contributed by atoms with E-state index in [4.69, 9.17) is 0 Å². The molecule has 0 aliphatic heterocycles. The summed E-state index contributed by atoms with van der Waals surface area (Å²) in [6.07, 6.45) is 1.68. The lowest BCUT2D eigenvalue weighted by molar-refractivity contribution is -0.113. The lowest BCUT2D eigenvalue weighted by Gasteiger charge is -2.10. The van der Waals surface area contributed by atoms with Crippen LogP contribution in [0.5, 0.6) is 0 Å². The predicted molar refractivity (Wildman–Crippen MR) is 101 cm³/mol. The summed E-state index contributed by atoms with van der Waals surface area (Å²) in [5, 5.41) is 11.7. The van der Waals surface area contributed by atoms with E-state index in [1.165, 1.54) is 17.3 Å². The number of hydrogen-bond donors (Lipinski definition) is 1. The number of benzene rings is 2. The second-order valence-corrected chi connectivity index (χ2v) is 6.92. The largest absolute Gasteiger partial charge is 0.325 e. The van der Waals surface area contributed by atoms with Crippen LogP contribution in [0.25, 0.3) is 5.69 Å². The van der Waals surface area contributed by atoms with Crippen LogP contribution in [0.15, 0.2) is 53.9 Å². The third kappa shape index (κ3) is 4.28. The number of nitrogens with zero attached hydrogens (tertiary/aromatic N) is 3. The van der Waals surface area contributed by atoms with Gasteiger partial charge in [0.05, 0.1) is 11.4 Å². The smallest absolute Gasteiger partial charge is 0.234 e. The average Bonchev–Trinajstić information content (AvgIpc) is 3.03. The van der Waals surface area contributed by atoms with E-state index in [0.29, 0.717) is 5.16 Å². The van der Waals surface area contributed by atoms with Gasteiger partial charge < -0.3 is 5.32 Å². The number of thioether (sulfide) groups is 1. The maximum atomic E-state index is 12.2. The fourth-order valence-corrected chi connectivity index (χ4v) is 3.25. The molecule has 25 heavy (non-hydrogen) atoms. The van der Waals surface area contributed by atoms with Gasteiger partial charge in [-0.2, -0.15) is 0 Å². The average molecular weight is 352 g/mol. The van der Waals surface area contributed by atoms with E-state index in [2.05, 4.69) is 41.5 Å². The summed E-state index contributed by atoms with van der Waals surface area (Å²) in [5.74, 6) is 0.210. The second-order valence-electron chi connectivity index (χ2n) is 5.98. The van der Waals surface area contributed by atoms with Crippen molar-refractivity contribution < 1.29 is 4.79 Å². The first-order valence-corrected chi connectivity index (χ1v) is 8.98. The highest BCUT2D eigenvalue weighted by atomic mass is 32.2. The summed E-state index contributed by atoms with van der Waals surface area (Å²) >= 11 is 1.37. The predicted octanol–water partition coefficient (Wildman–Crippen LogP) is 3.92. The van der Waals surface area contributed by atoms with Crippen LogP contribution in [0.1, 0.15) is 16.7 Å². The van der Waals surface area contributed by atoms with Crippen molar-refractivity contribution in [1.29, 1.82) is 0 Å². The Balaban J connectivity index is 1.67. The van der Waals surface area contributed by atoms with Gasteiger partial charge in [-0.25, -0.2) is 0 Å². The number of anilines is 1. The highest BCUT2D eigenvalue weighted by molar-refractivity contribution is 7.99. The molecule has 1 amide bonds. The highest BCUT2D eigenvalue weighted by Gasteiger charge is 2.12.